The summed E-state index contributed by atoms with van der Waals surface area (Å²) in [7, 11) is 0. The van der Waals surface area contributed by atoms with Gasteiger partial charge in [0.25, 0.3) is 0 Å². The fourth-order valence-corrected chi connectivity index (χ4v) is 1.56. The molecule has 3 unspecified atom stereocenters. The molecule has 7 nitrogen and oxygen atoms in total. The Balaban J connectivity index is 2.29. The number of nitrogens with one attached hydrogen (secondary N) is 1. The SMILES string of the molecule is OCC(O)CNCC1O[C@H](O)CC(O)[C@@H]1O. The summed E-state index contributed by atoms with van der Waals surface area (Å²) < 4.78 is 5.02. The predicted octanol–water partition coefficient (Wildman–Crippen LogP) is -3.24. The van der Waals surface area contributed by atoms with Crippen LogP contribution in [0.15, 0.2) is 0 Å². The van der Waals surface area contributed by atoms with Crippen molar-refractivity contribution < 1.29 is 30.3 Å². The molecule has 1 heterocycles. The Morgan fingerprint density at radius 2 is 2.00 bits per heavy atom. The summed E-state index contributed by atoms with van der Waals surface area (Å²) in [5, 5.41) is 48.5. The molecule has 0 saturated carbocycles. The summed E-state index contributed by atoms with van der Waals surface area (Å²) in [6.07, 6.45) is -4.80. The second-order valence-electron chi connectivity index (χ2n) is 3.92. The molecule has 96 valence electrons. The molecule has 6 N–H and O–H groups in total. The zero-order chi connectivity index (χ0) is 12.1. The standard InChI is InChI=1S/C9H19NO6/c11-4-5(12)2-10-3-7-9(15)6(13)1-8(14)16-7/h5-15H,1-4H2/t5?,6?,7?,8-,9-/m0/s1. The van der Waals surface area contributed by atoms with E-state index in [1.165, 1.54) is 0 Å². The lowest BCUT2D eigenvalue weighted by Crippen LogP contribution is -2.52. The molecular formula is C9H19NO6. The fraction of sp³-hybridized carbons (Fsp3) is 1.00. The zero-order valence-electron chi connectivity index (χ0n) is 8.86. The van der Waals surface area contributed by atoms with Gasteiger partial charge in [0.1, 0.15) is 12.2 Å². The summed E-state index contributed by atoms with van der Waals surface area (Å²) in [6, 6.07) is 0. The molecule has 1 fully saturated rings. The van der Waals surface area contributed by atoms with E-state index in [9.17, 15) is 15.3 Å². The number of aliphatic hydroxyl groups excluding tert-OH is 5. The fourth-order valence-electron chi connectivity index (χ4n) is 1.56. The van der Waals surface area contributed by atoms with E-state index in [4.69, 9.17) is 14.9 Å². The van der Waals surface area contributed by atoms with Crippen LogP contribution in [0.2, 0.25) is 0 Å². The molecule has 16 heavy (non-hydrogen) atoms. The number of rotatable bonds is 5. The molecule has 0 spiro atoms. The Hall–Kier alpha value is -0.280. The summed E-state index contributed by atoms with van der Waals surface area (Å²) in [5.74, 6) is 0. The normalized spacial score (nSPS) is 37.3. The molecule has 0 amide bonds. The maximum atomic E-state index is 9.54. The maximum absolute atomic E-state index is 9.54. The first kappa shape index (κ1) is 13.8. The van der Waals surface area contributed by atoms with Crippen LogP contribution >= 0.6 is 0 Å². The molecule has 5 atom stereocenters. The minimum Gasteiger partial charge on any atom is -0.394 e. The van der Waals surface area contributed by atoms with Gasteiger partial charge in [0, 0.05) is 19.5 Å². The smallest absolute Gasteiger partial charge is 0.157 e. The highest BCUT2D eigenvalue weighted by atomic mass is 16.6. The minimum atomic E-state index is -1.09. The highest BCUT2D eigenvalue weighted by molar-refractivity contribution is 4.83. The van der Waals surface area contributed by atoms with Crippen molar-refractivity contribution in [3.8, 4) is 0 Å². The van der Waals surface area contributed by atoms with E-state index in [0.29, 0.717) is 0 Å². The van der Waals surface area contributed by atoms with Gasteiger partial charge >= 0.3 is 0 Å². The van der Waals surface area contributed by atoms with Crippen LogP contribution in [0.4, 0.5) is 0 Å². The van der Waals surface area contributed by atoms with Crippen LogP contribution in [0.1, 0.15) is 6.42 Å². The molecule has 0 radical (unpaired) electrons. The lowest BCUT2D eigenvalue weighted by atomic mass is 10.0. The van der Waals surface area contributed by atoms with Crippen molar-refractivity contribution in [3.05, 3.63) is 0 Å². The number of ether oxygens (including phenoxy) is 1. The molecule has 1 aliphatic rings. The van der Waals surface area contributed by atoms with E-state index in [0.717, 1.165) is 0 Å². The van der Waals surface area contributed by atoms with Crippen molar-refractivity contribution >= 4 is 0 Å². The molecule has 1 aliphatic heterocycles. The molecule has 0 aromatic rings. The van der Waals surface area contributed by atoms with Gasteiger partial charge in [-0.15, -0.1) is 0 Å². The Labute approximate surface area is 93.3 Å². The van der Waals surface area contributed by atoms with Crippen molar-refractivity contribution in [2.75, 3.05) is 19.7 Å². The molecule has 7 heteroatoms. The number of hydrogen-bond acceptors (Lipinski definition) is 7. The third-order valence-electron chi connectivity index (χ3n) is 2.49. The van der Waals surface area contributed by atoms with E-state index in [2.05, 4.69) is 5.32 Å². The van der Waals surface area contributed by atoms with Gasteiger partial charge in [-0.2, -0.15) is 0 Å². The highest BCUT2D eigenvalue weighted by Crippen LogP contribution is 2.18. The van der Waals surface area contributed by atoms with Gasteiger partial charge < -0.3 is 35.6 Å². The Bertz CT molecular complexity index is 204. The van der Waals surface area contributed by atoms with Crippen LogP contribution in [0.3, 0.4) is 0 Å². The van der Waals surface area contributed by atoms with Gasteiger partial charge in [-0.3, -0.25) is 0 Å². The Morgan fingerprint density at radius 1 is 1.31 bits per heavy atom. The summed E-state index contributed by atoms with van der Waals surface area (Å²) in [4.78, 5) is 0. The van der Waals surface area contributed by atoms with E-state index in [-0.39, 0.29) is 26.1 Å². The van der Waals surface area contributed by atoms with Crippen LogP contribution in [0.5, 0.6) is 0 Å². The van der Waals surface area contributed by atoms with Crippen molar-refractivity contribution in [1.29, 1.82) is 0 Å². The molecule has 0 aliphatic carbocycles. The second kappa shape index (κ2) is 6.45. The van der Waals surface area contributed by atoms with E-state index < -0.39 is 30.7 Å². The van der Waals surface area contributed by atoms with Crippen molar-refractivity contribution in [2.45, 2.75) is 37.1 Å². The van der Waals surface area contributed by atoms with Crippen LogP contribution in [-0.4, -0.2) is 75.9 Å². The molecule has 1 rings (SSSR count). The summed E-state index contributed by atoms with van der Waals surface area (Å²) in [5.41, 5.74) is 0. The first-order valence-corrected chi connectivity index (χ1v) is 5.24. The molecule has 0 aromatic carbocycles. The van der Waals surface area contributed by atoms with Crippen molar-refractivity contribution in [2.24, 2.45) is 0 Å². The maximum Gasteiger partial charge on any atom is 0.157 e. The monoisotopic (exact) mass is 237 g/mol. The lowest BCUT2D eigenvalue weighted by Gasteiger charge is -2.35. The summed E-state index contributed by atoms with van der Waals surface area (Å²) >= 11 is 0. The van der Waals surface area contributed by atoms with Crippen LogP contribution in [0.25, 0.3) is 0 Å². The minimum absolute atomic E-state index is 0.0169. The summed E-state index contributed by atoms with van der Waals surface area (Å²) in [6.45, 7) is -0.0338. The second-order valence-corrected chi connectivity index (χ2v) is 3.92. The van der Waals surface area contributed by atoms with Gasteiger partial charge in [0.2, 0.25) is 0 Å². The first-order valence-electron chi connectivity index (χ1n) is 5.24. The third kappa shape index (κ3) is 3.95. The quantitative estimate of drug-likeness (QED) is 0.297. The topological polar surface area (TPSA) is 122 Å². The first-order chi connectivity index (χ1) is 7.54. The van der Waals surface area contributed by atoms with Gasteiger partial charge in [-0.25, -0.2) is 0 Å². The van der Waals surface area contributed by atoms with E-state index >= 15 is 0 Å². The average Bonchev–Trinajstić information content (AvgIpc) is 2.24. The van der Waals surface area contributed by atoms with Crippen molar-refractivity contribution in [1.82, 2.24) is 5.32 Å². The van der Waals surface area contributed by atoms with Gasteiger partial charge in [-0.1, -0.05) is 0 Å². The molecule has 1 saturated heterocycles. The van der Waals surface area contributed by atoms with Gasteiger partial charge in [0.05, 0.1) is 18.8 Å². The number of aliphatic hydroxyl groups is 5. The van der Waals surface area contributed by atoms with Crippen molar-refractivity contribution in [3.63, 3.8) is 0 Å². The van der Waals surface area contributed by atoms with E-state index in [1.54, 1.807) is 0 Å². The highest BCUT2D eigenvalue weighted by Gasteiger charge is 2.35. The average molecular weight is 237 g/mol. The molecular weight excluding hydrogens is 218 g/mol. The Kier molecular flexibility index (Phi) is 5.56. The Morgan fingerprint density at radius 3 is 2.62 bits per heavy atom. The van der Waals surface area contributed by atoms with Gasteiger partial charge in [-0.05, 0) is 0 Å². The zero-order valence-corrected chi connectivity index (χ0v) is 8.86. The van der Waals surface area contributed by atoms with Gasteiger partial charge in [0.15, 0.2) is 6.29 Å². The largest absolute Gasteiger partial charge is 0.394 e. The molecule has 0 bridgehead atoms. The molecule has 0 aromatic heterocycles. The number of hydrogen-bond donors (Lipinski definition) is 6. The predicted molar refractivity (Wildman–Crippen MR) is 53.5 cm³/mol. The van der Waals surface area contributed by atoms with Crippen LogP contribution in [0, 0.1) is 0 Å². The van der Waals surface area contributed by atoms with E-state index in [1.807, 2.05) is 0 Å². The lowest BCUT2D eigenvalue weighted by molar-refractivity contribution is -0.230. The van der Waals surface area contributed by atoms with Crippen LogP contribution < -0.4 is 5.32 Å². The third-order valence-corrected chi connectivity index (χ3v) is 2.49. The van der Waals surface area contributed by atoms with Crippen LogP contribution in [-0.2, 0) is 4.74 Å².